The normalized spacial score (nSPS) is 10.6. The summed E-state index contributed by atoms with van der Waals surface area (Å²) >= 11 is 0. The molecule has 0 atom stereocenters. The lowest BCUT2D eigenvalue weighted by Gasteiger charge is -1.95. The van der Waals surface area contributed by atoms with Crippen LogP contribution in [0.2, 0.25) is 0 Å². The van der Waals surface area contributed by atoms with Crippen LogP contribution in [0, 0.1) is 0 Å². The van der Waals surface area contributed by atoms with Crippen molar-refractivity contribution < 1.29 is 4.42 Å². The first kappa shape index (κ1) is 10.9. The number of rotatable bonds is 5. The summed E-state index contributed by atoms with van der Waals surface area (Å²) in [6.07, 6.45) is 3.78. The van der Waals surface area contributed by atoms with Gasteiger partial charge in [0.2, 0.25) is 5.89 Å². The monoisotopic (exact) mass is 216 g/mol. The second kappa shape index (κ2) is 5.47. The summed E-state index contributed by atoms with van der Waals surface area (Å²) in [7, 11) is 1.96. The summed E-state index contributed by atoms with van der Waals surface area (Å²) in [6.45, 7) is 1.01. The minimum atomic E-state index is 0.708. The Morgan fingerprint density at radius 2 is 2.06 bits per heavy atom. The molecule has 0 unspecified atom stereocenters. The highest BCUT2D eigenvalue weighted by Crippen LogP contribution is 2.18. The standard InChI is InChI=1S/C13H16N2O/c1-14-9-5-8-12-10-16-13(15-12)11-6-3-2-4-7-11/h2-4,6-7,10,14H,5,8-9H2,1H3. The van der Waals surface area contributed by atoms with E-state index < -0.39 is 0 Å². The van der Waals surface area contributed by atoms with Crippen molar-refractivity contribution in [3.63, 3.8) is 0 Å². The molecule has 0 bridgehead atoms. The van der Waals surface area contributed by atoms with Gasteiger partial charge in [0.25, 0.3) is 0 Å². The molecule has 0 radical (unpaired) electrons. The Labute approximate surface area is 95.5 Å². The van der Waals surface area contributed by atoms with Gasteiger partial charge >= 0.3 is 0 Å². The lowest BCUT2D eigenvalue weighted by atomic mass is 10.2. The molecular formula is C13H16N2O. The second-order valence-electron chi connectivity index (χ2n) is 3.72. The molecule has 1 aromatic carbocycles. The first-order valence-electron chi connectivity index (χ1n) is 5.54. The zero-order valence-electron chi connectivity index (χ0n) is 9.44. The molecule has 0 saturated carbocycles. The number of aromatic nitrogens is 1. The van der Waals surface area contributed by atoms with Crippen LogP contribution in [0.5, 0.6) is 0 Å². The molecule has 1 aromatic heterocycles. The largest absolute Gasteiger partial charge is 0.444 e. The van der Waals surface area contributed by atoms with Crippen LogP contribution in [0.3, 0.4) is 0 Å². The molecular weight excluding hydrogens is 200 g/mol. The Morgan fingerprint density at radius 3 is 2.81 bits per heavy atom. The Kier molecular flexibility index (Phi) is 3.72. The third-order valence-electron chi connectivity index (χ3n) is 2.43. The number of benzene rings is 1. The number of oxazole rings is 1. The van der Waals surface area contributed by atoms with Crippen LogP contribution in [-0.2, 0) is 6.42 Å². The van der Waals surface area contributed by atoms with Gasteiger partial charge in [0.15, 0.2) is 0 Å². The molecule has 3 heteroatoms. The summed E-state index contributed by atoms with van der Waals surface area (Å²) in [4.78, 5) is 4.46. The van der Waals surface area contributed by atoms with Crippen molar-refractivity contribution in [2.75, 3.05) is 13.6 Å². The Hall–Kier alpha value is -1.61. The maximum absolute atomic E-state index is 5.45. The Balaban J connectivity index is 2.02. The number of nitrogens with zero attached hydrogens (tertiary/aromatic N) is 1. The fourth-order valence-electron chi connectivity index (χ4n) is 1.58. The van der Waals surface area contributed by atoms with E-state index >= 15 is 0 Å². The zero-order valence-corrected chi connectivity index (χ0v) is 9.44. The predicted molar refractivity (Wildman–Crippen MR) is 64.2 cm³/mol. The van der Waals surface area contributed by atoms with Crippen molar-refractivity contribution in [2.45, 2.75) is 12.8 Å². The van der Waals surface area contributed by atoms with E-state index in [9.17, 15) is 0 Å². The second-order valence-corrected chi connectivity index (χ2v) is 3.72. The number of nitrogens with one attached hydrogen (secondary N) is 1. The highest BCUT2D eigenvalue weighted by atomic mass is 16.3. The van der Waals surface area contributed by atoms with Crippen molar-refractivity contribution in [1.29, 1.82) is 0 Å². The van der Waals surface area contributed by atoms with Gasteiger partial charge in [0.05, 0.1) is 5.69 Å². The van der Waals surface area contributed by atoms with Crippen molar-refractivity contribution in [3.05, 3.63) is 42.3 Å². The molecule has 84 valence electrons. The number of hydrogen-bond acceptors (Lipinski definition) is 3. The highest BCUT2D eigenvalue weighted by Gasteiger charge is 2.05. The van der Waals surface area contributed by atoms with Gasteiger partial charge in [-0.2, -0.15) is 0 Å². The lowest BCUT2D eigenvalue weighted by molar-refractivity contribution is 0.571. The van der Waals surface area contributed by atoms with E-state index in [-0.39, 0.29) is 0 Å². The van der Waals surface area contributed by atoms with E-state index in [4.69, 9.17) is 4.42 Å². The number of aryl methyl sites for hydroxylation is 1. The molecule has 0 fully saturated rings. The van der Waals surface area contributed by atoms with Gasteiger partial charge < -0.3 is 9.73 Å². The molecule has 0 saturated heterocycles. The van der Waals surface area contributed by atoms with E-state index in [2.05, 4.69) is 10.3 Å². The highest BCUT2D eigenvalue weighted by molar-refractivity contribution is 5.52. The van der Waals surface area contributed by atoms with Gasteiger partial charge in [0, 0.05) is 5.56 Å². The average Bonchev–Trinajstić information content (AvgIpc) is 2.79. The van der Waals surface area contributed by atoms with Gasteiger partial charge in [-0.05, 0) is 38.6 Å². The number of hydrogen-bond donors (Lipinski definition) is 1. The zero-order chi connectivity index (χ0) is 11.2. The van der Waals surface area contributed by atoms with Crippen molar-refractivity contribution in [2.24, 2.45) is 0 Å². The van der Waals surface area contributed by atoms with Crippen LogP contribution in [0.25, 0.3) is 11.5 Å². The molecule has 1 N–H and O–H groups in total. The van der Waals surface area contributed by atoms with Crippen LogP contribution in [0.1, 0.15) is 12.1 Å². The van der Waals surface area contributed by atoms with Crippen LogP contribution < -0.4 is 5.32 Å². The predicted octanol–water partition coefficient (Wildman–Crippen LogP) is 2.49. The van der Waals surface area contributed by atoms with Crippen LogP contribution in [-0.4, -0.2) is 18.6 Å². The molecule has 0 amide bonds. The summed E-state index contributed by atoms with van der Waals surface area (Å²) in [6, 6.07) is 9.97. The first-order chi connectivity index (χ1) is 7.90. The third kappa shape index (κ3) is 2.70. The summed E-state index contributed by atoms with van der Waals surface area (Å²) in [5.74, 6) is 0.708. The van der Waals surface area contributed by atoms with E-state index in [1.165, 1.54) is 0 Å². The van der Waals surface area contributed by atoms with Crippen LogP contribution >= 0.6 is 0 Å². The molecule has 2 rings (SSSR count). The Bertz CT molecular complexity index is 423. The van der Waals surface area contributed by atoms with Crippen LogP contribution in [0.15, 0.2) is 41.0 Å². The minimum Gasteiger partial charge on any atom is -0.444 e. The minimum absolute atomic E-state index is 0.708. The summed E-state index contributed by atoms with van der Waals surface area (Å²) < 4.78 is 5.45. The topological polar surface area (TPSA) is 38.1 Å². The molecule has 2 aromatic rings. The molecule has 3 nitrogen and oxygen atoms in total. The van der Waals surface area contributed by atoms with Gasteiger partial charge in [-0.1, -0.05) is 18.2 Å². The smallest absolute Gasteiger partial charge is 0.226 e. The van der Waals surface area contributed by atoms with E-state index in [1.807, 2.05) is 37.4 Å². The van der Waals surface area contributed by atoms with E-state index in [1.54, 1.807) is 6.26 Å². The molecule has 16 heavy (non-hydrogen) atoms. The quantitative estimate of drug-likeness (QED) is 0.780. The third-order valence-corrected chi connectivity index (χ3v) is 2.43. The molecule has 0 spiro atoms. The van der Waals surface area contributed by atoms with Crippen molar-refractivity contribution >= 4 is 0 Å². The lowest BCUT2D eigenvalue weighted by Crippen LogP contribution is -2.08. The van der Waals surface area contributed by atoms with E-state index in [0.717, 1.165) is 30.6 Å². The maximum Gasteiger partial charge on any atom is 0.226 e. The molecule has 0 aliphatic rings. The van der Waals surface area contributed by atoms with Gasteiger partial charge in [0.1, 0.15) is 6.26 Å². The molecule has 0 aliphatic heterocycles. The van der Waals surface area contributed by atoms with Crippen molar-refractivity contribution in [3.8, 4) is 11.5 Å². The van der Waals surface area contributed by atoms with Crippen molar-refractivity contribution in [1.82, 2.24) is 10.3 Å². The fourth-order valence-corrected chi connectivity index (χ4v) is 1.58. The first-order valence-corrected chi connectivity index (χ1v) is 5.54. The average molecular weight is 216 g/mol. The fraction of sp³-hybridized carbons (Fsp3) is 0.308. The Morgan fingerprint density at radius 1 is 1.25 bits per heavy atom. The van der Waals surface area contributed by atoms with Gasteiger partial charge in [-0.15, -0.1) is 0 Å². The summed E-state index contributed by atoms with van der Waals surface area (Å²) in [5.41, 5.74) is 2.05. The van der Waals surface area contributed by atoms with Crippen LogP contribution in [0.4, 0.5) is 0 Å². The molecule has 1 heterocycles. The van der Waals surface area contributed by atoms with Gasteiger partial charge in [-0.25, -0.2) is 4.98 Å². The van der Waals surface area contributed by atoms with E-state index in [0.29, 0.717) is 5.89 Å². The maximum atomic E-state index is 5.45. The summed E-state index contributed by atoms with van der Waals surface area (Å²) in [5, 5.41) is 3.12. The van der Waals surface area contributed by atoms with Gasteiger partial charge in [-0.3, -0.25) is 0 Å². The SMILES string of the molecule is CNCCCc1coc(-c2ccccc2)n1. The molecule has 0 aliphatic carbocycles.